The first-order valence-electron chi connectivity index (χ1n) is 8.00. The van der Waals surface area contributed by atoms with E-state index in [-0.39, 0.29) is 38.3 Å². The van der Waals surface area contributed by atoms with Crippen LogP contribution in [0.15, 0.2) is 0 Å². The second-order valence-electron chi connectivity index (χ2n) is 7.72. The maximum Gasteiger partial charge on any atom is 0.158 e. The number of aliphatic hydroxyl groups is 3. The van der Waals surface area contributed by atoms with Crippen LogP contribution in [0, 0.1) is 10.8 Å². The Bertz CT molecular complexity index is 319. The maximum atomic E-state index is 9.31. The first-order valence-corrected chi connectivity index (χ1v) is 8.00. The normalized spacial score (nSPS) is 28.1. The van der Waals surface area contributed by atoms with Gasteiger partial charge in [-0.15, -0.1) is 0 Å². The number of hydrogen-bond acceptors (Lipinski definition) is 5. The second-order valence-corrected chi connectivity index (χ2v) is 7.72. The van der Waals surface area contributed by atoms with Gasteiger partial charge in [-0.1, -0.05) is 13.8 Å². The largest absolute Gasteiger partial charge is 0.396 e. The van der Waals surface area contributed by atoms with Gasteiger partial charge in [0.15, 0.2) is 6.29 Å². The van der Waals surface area contributed by atoms with Crippen LogP contribution in [0.1, 0.15) is 52.4 Å². The molecule has 1 saturated heterocycles. The van der Waals surface area contributed by atoms with E-state index in [9.17, 15) is 15.3 Å². The van der Waals surface area contributed by atoms with Crippen molar-refractivity contribution in [1.82, 2.24) is 0 Å². The van der Waals surface area contributed by atoms with Crippen LogP contribution in [0.25, 0.3) is 0 Å². The molecule has 124 valence electrons. The number of ether oxygens (including phenoxy) is 2. The lowest BCUT2D eigenvalue weighted by atomic mass is 9.70. The average molecular weight is 302 g/mol. The first kappa shape index (κ1) is 17.2. The zero-order valence-electron chi connectivity index (χ0n) is 13.3. The van der Waals surface area contributed by atoms with E-state index in [0.29, 0.717) is 5.41 Å². The Kier molecular flexibility index (Phi) is 5.31. The van der Waals surface area contributed by atoms with Crippen molar-refractivity contribution in [2.75, 3.05) is 26.4 Å². The minimum Gasteiger partial charge on any atom is -0.396 e. The quantitative estimate of drug-likeness (QED) is 0.692. The second kappa shape index (κ2) is 6.50. The highest BCUT2D eigenvalue weighted by molar-refractivity contribution is 4.94. The molecule has 0 aromatic rings. The molecule has 1 atom stereocenters. The minimum absolute atomic E-state index is 0.0412. The SMILES string of the molecule is CC1(C)CCC2(CCC(OCC(CO)(CO)CO)O2)CC1. The molecule has 0 bridgehead atoms. The molecule has 0 radical (unpaired) electrons. The average Bonchev–Trinajstić information content (AvgIpc) is 2.89. The number of hydrogen-bond donors (Lipinski definition) is 3. The monoisotopic (exact) mass is 302 g/mol. The van der Waals surface area contributed by atoms with Gasteiger partial charge in [-0.2, -0.15) is 0 Å². The van der Waals surface area contributed by atoms with Crippen LogP contribution in [0.4, 0.5) is 0 Å². The molecule has 0 aromatic carbocycles. The van der Waals surface area contributed by atoms with Gasteiger partial charge < -0.3 is 24.8 Å². The Balaban J connectivity index is 1.83. The standard InChI is InChI=1S/C16H30O5/c1-14(2)5-7-16(8-6-14)4-3-13(21-16)20-12-15(9-17,10-18)11-19/h13,17-19H,3-12H2,1-2H3. The van der Waals surface area contributed by atoms with Crippen LogP contribution >= 0.6 is 0 Å². The van der Waals surface area contributed by atoms with Crippen molar-refractivity contribution in [3.63, 3.8) is 0 Å². The van der Waals surface area contributed by atoms with Gasteiger partial charge in [-0.05, 0) is 37.5 Å². The van der Waals surface area contributed by atoms with Gasteiger partial charge >= 0.3 is 0 Å². The highest BCUT2D eigenvalue weighted by Crippen LogP contribution is 2.48. The summed E-state index contributed by atoms with van der Waals surface area (Å²) in [6.45, 7) is 3.83. The molecule has 1 saturated carbocycles. The molecule has 2 rings (SSSR count). The lowest BCUT2D eigenvalue weighted by molar-refractivity contribution is -0.203. The molecule has 5 heteroatoms. The van der Waals surface area contributed by atoms with Crippen LogP contribution < -0.4 is 0 Å². The van der Waals surface area contributed by atoms with E-state index in [1.165, 1.54) is 12.8 Å². The molecule has 2 fully saturated rings. The number of aliphatic hydroxyl groups excluding tert-OH is 3. The summed E-state index contributed by atoms with van der Waals surface area (Å²) in [4.78, 5) is 0. The van der Waals surface area contributed by atoms with E-state index in [0.717, 1.165) is 25.7 Å². The molecule has 21 heavy (non-hydrogen) atoms. The van der Waals surface area contributed by atoms with Crippen molar-refractivity contribution in [1.29, 1.82) is 0 Å². The van der Waals surface area contributed by atoms with Crippen molar-refractivity contribution >= 4 is 0 Å². The topological polar surface area (TPSA) is 79.2 Å². The molecular formula is C16H30O5. The van der Waals surface area contributed by atoms with E-state index < -0.39 is 5.41 Å². The molecule has 1 heterocycles. The Labute approximate surface area is 127 Å². The molecule has 0 aromatic heterocycles. The summed E-state index contributed by atoms with van der Waals surface area (Å²) < 4.78 is 11.9. The first-order chi connectivity index (χ1) is 9.88. The van der Waals surface area contributed by atoms with E-state index in [4.69, 9.17) is 9.47 Å². The lowest BCUT2D eigenvalue weighted by Crippen LogP contribution is -2.41. The van der Waals surface area contributed by atoms with Crippen molar-refractivity contribution in [2.24, 2.45) is 10.8 Å². The lowest BCUT2D eigenvalue weighted by Gasteiger charge is -2.41. The summed E-state index contributed by atoms with van der Waals surface area (Å²) in [6, 6.07) is 0. The van der Waals surface area contributed by atoms with Gasteiger partial charge in [0.05, 0.1) is 37.4 Å². The molecule has 1 unspecified atom stereocenters. The molecule has 1 aliphatic heterocycles. The van der Waals surface area contributed by atoms with E-state index >= 15 is 0 Å². The van der Waals surface area contributed by atoms with E-state index in [1.54, 1.807) is 0 Å². The van der Waals surface area contributed by atoms with Crippen LogP contribution in [-0.2, 0) is 9.47 Å². The van der Waals surface area contributed by atoms with Gasteiger partial charge in [0, 0.05) is 6.42 Å². The van der Waals surface area contributed by atoms with Crippen molar-refractivity contribution in [3.05, 3.63) is 0 Å². The third-order valence-electron chi connectivity index (χ3n) is 5.31. The summed E-state index contributed by atoms with van der Waals surface area (Å²) in [6.07, 6.45) is 6.07. The fourth-order valence-electron chi connectivity index (χ4n) is 3.20. The summed E-state index contributed by atoms with van der Waals surface area (Å²) in [5, 5.41) is 27.9. The van der Waals surface area contributed by atoms with Gasteiger partial charge in [0.25, 0.3) is 0 Å². The zero-order valence-corrected chi connectivity index (χ0v) is 13.3. The minimum atomic E-state index is -0.979. The van der Waals surface area contributed by atoms with Crippen LogP contribution in [0.5, 0.6) is 0 Å². The molecule has 1 aliphatic carbocycles. The van der Waals surface area contributed by atoms with Crippen LogP contribution in [0.3, 0.4) is 0 Å². The van der Waals surface area contributed by atoms with Gasteiger partial charge in [-0.25, -0.2) is 0 Å². The third-order valence-corrected chi connectivity index (χ3v) is 5.31. The Morgan fingerprint density at radius 2 is 1.57 bits per heavy atom. The summed E-state index contributed by atoms with van der Waals surface area (Å²) >= 11 is 0. The molecule has 5 nitrogen and oxygen atoms in total. The highest BCUT2D eigenvalue weighted by atomic mass is 16.7. The molecule has 3 N–H and O–H groups in total. The Morgan fingerprint density at radius 3 is 2.10 bits per heavy atom. The summed E-state index contributed by atoms with van der Waals surface area (Å²) in [5.74, 6) is 0. The number of rotatable bonds is 6. The van der Waals surface area contributed by atoms with E-state index in [1.807, 2.05) is 0 Å². The fourth-order valence-corrected chi connectivity index (χ4v) is 3.20. The van der Waals surface area contributed by atoms with Gasteiger partial charge in [0.1, 0.15) is 0 Å². The maximum absolute atomic E-state index is 9.31. The van der Waals surface area contributed by atoms with Crippen molar-refractivity contribution < 1.29 is 24.8 Å². The Hall–Kier alpha value is -0.200. The molecule has 0 amide bonds. The van der Waals surface area contributed by atoms with Crippen molar-refractivity contribution in [2.45, 2.75) is 64.3 Å². The van der Waals surface area contributed by atoms with Crippen LogP contribution in [0.2, 0.25) is 0 Å². The van der Waals surface area contributed by atoms with Crippen molar-refractivity contribution in [3.8, 4) is 0 Å². The van der Waals surface area contributed by atoms with E-state index in [2.05, 4.69) is 13.8 Å². The fraction of sp³-hybridized carbons (Fsp3) is 1.00. The van der Waals surface area contributed by atoms with Gasteiger partial charge in [-0.3, -0.25) is 0 Å². The Morgan fingerprint density at radius 1 is 1.00 bits per heavy atom. The summed E-state index contributed by atoms with van der Waals surface area (Å²) in [7, 11) is 0. The molecule has 2 aliphatic rings. The van der Waals surface area contributed by atoms with Crippen LogP contribution in [-0.4, -0.2) is 53.6 Å². The predicted octanol–water partition coefficient (Wildman–Crippen LogP) is 1.44. The molecular weight excluding hydrogens is 272 g/mol. The predicted molar refractivity (Wildman–Crippen MR) is 78.7 cm³/mol. The zero-order chi connectivity index (χ0) is 15.6. The molecule has 1 spiro atoms. The van der Waals surface area contributed by atoms with Gasteiger partial charge in [0.2, 0.25) is 0 Å². The highest BCUT2D eigenvalue weighted by Gasteiger charge is 2.45. The smallest absolute Gasteiger partial charge is 0.158 e. The third kappa shape index (κ3) is 3.96. The summed E-state index contributed by atoms with van der Waals surface area (Å²) in [5.41, 5.74) is -0.610.